The number of pyridine rings is 1. The average molecular weight is 345 g/mol. The van der Waals surface area contributed by atoms with E-state index >= 15 is 0 Å². The summed E-state index contributed by atoms with van der Waals surface area (Å²) in [4.78, 5) is 40.5. The van der Waals surface area contributed by atoms with Gasteiger partial charge in [0.05, 0.1) is 17.7 Å². The van der Waals surface area contributed by atoms with Crippen LogP contribution in [0.1, 0.15) is 16.8 Å². The highest BCUT2D eigenvalue weighted by atomic mass is 35.5. The Labute approximate surface area is 142 Å². The van der Waals surface area contributed by atoms with Gasteiger partial charge in [0.25, 0.3) is 5.91 Å². The number of hydrogen-bond acceptors (Lipinski definition) is 4. The lowest BCUT2D eigenvalue weighted by molar-refractivity contribution is -0.122. The summed E-state index contributed by atoms with van der Waals surface area (Å²) in [6.45, 7) is 0. The number of rotatable bonds is 3. The van der Waals surface area contributed by atoms with Gasteiger partial charge in [0, 0.05) is 11.2 Å². The Balaban J connectivity index is 1.70. The van der Waals surface area contributed by atoms with E-state index in [1.165, 1.54) is 12.3 Å². The number of benzene rings is 1. The van der Waals surface area contributed by atoms with Crippen molar-refractivity contribution in [2.45, 2.75) is 12.5 Å². The Hall–Kier alpha value is -2.93. The van der Waals surface area contributed by atoms with Gasteiger partial charge < -0.3 is 16.0 Å². The summed E-state index contributed by atoms with van der Waals surface area (Å²) >= 11 is 5.82. The van der Waals surface area contributed by atoms with Gasteiger partial charge in [0.2, 0.25) is 11.8 Å². The van der Waals surface area contributed by atoms with Gasteiger partial charge in [0.15, 0.2) is 0 Å². The van der Waals surface area contributed by atoms with E-state index in [9.17, 15) is 14.4 Å². The molecule has 0 aliphatic carbocycles. The Bertz CT molecular complexity index is 824. The Morgan fingerprint density at radius 1 is 1.25 bits per heavy atom. The molecular formula is C16H13ClN4O3. The van der Waals surface area contributed by atoms with Crippen LogP contribution in [-0.4, -0.2) is 28.7 Å². The smallest absolute Gasteiger partial charge is 0.254 e. The predicted octanol–water partition coefficient (Wildman–Crippen LogP) is 1.81. The van der Waals surface area contributed by atoms with Crippen LogP contribution in [0.2, 0.25) is 5.02 Å². The Morgan fingerprint density at radius 3 is 2.83 bits per heavy atom. The van der Waals surface area contributed by atoms with E-state index in [-0.39, 0.29) is 12.2 Å². The first-order valence-electron chi connectivity index (χ1n) is 7.15. The molecule has 2 aromatic rings. The van der Waals surface area contributed by atoms with Gasteiger partial charge in [-0.3, -0.25) is 14.4 Å². The first-order valence-corrected chi connectivity index (χ1v) is 7.53. The molecule has 3 N–H and O–H groups in total. The van der Waals surface area contributed by atoms with E-state index in [1.807, 2.05) is 0 Å². The van der Waals surface area contributed by atoms with Crippen molar-refractivity contribution in [3.63, 3.8) is 0 Å². The predicted molar refractivity (Wildman–Crippen MR) is 88.8 cm³/mol. The van der Waals surface area contributed by atoms with Crippen LogP contribution in [0.5, 0.6) is 0 Å². The summed E-state index contributed by atoms with van der Waals surface area (Å²) in [5.74, 6) is -1.06. The number of fused-ring (bicyclic) bond motifs is 1. The van der Waals surface area contributed by atoms with Crippen molar-refractivity contribution in [1.29, 1.82) is 0 Å². The molecule has 122 valence electrons. The van der Waals surface area contributed by atoms with Gasteiger partial charge >= 0.3 is 0 Å². The van der Waals surface area contributed by atoms with Crippen LogP contribution in [0.4, 0.5) is 11.5 Å². The van der Waals surface area contributed by atoms with Crippen molar-refractivity contribution < 1.29 is 14.4 Å². The third kappa shape index (κ3) is 3.52. The molecule has 8 heteroatoms. The summed E-state index contributed by atoms with van der Waals surface area (Å²) in [7, 11) is 0. The average Bonchev–Trinajstić information content (AvgIpc) is 2.65. The molecule has 1 atom stereocenters. The topological polar surface area (TPSA) is 100 Å². The number of amides is 3. The van der Waals surface area contributed by atoms with E-state index < -0.39 is 23.8 Å². The summed E-state index contributed by atoms with van der Waals surface area (Å²) < 4.78 is 0. The fraction of sp³-hybridized carbons (Fsp3) is 0.125. The SMILES string of the molecule is O=C(C[C@@H]1NC(=O)c2ccccc2NC1=O)Nc1cc(Cl)ccn1. The molecule has 24 heavy (non-hydrogen) atoms. The van der Waals surface area contributed by atoms with Gasteiger partial charge in [-0.2, -0.15) is 0 Å². The molecule has 1 aromatic heterocycles. The molecule has 1 aliphatic heterocycles. The quantitative estimate of drug-likeness (QED) is 0.790. The normalized spacial score (nSPS) is 16.5. The minimum atomic E-state index is -0.982. The van der Waals surface area contributed by atoms with Gasteiger partial charge in [-0.25, -0.2) is 4.98 Å². The third-order valence-corrected chi connectivity index (χ3v) is 3.67. The van der Waals surface area contributed by atoms with Gasteiger partial charge in [-0.15, -0.1) is 0 Å². The van der Waals surface area contributed by atoms with Gasteiger partial charge in [-0.05, 0) is 24.3 Å². The fourth-order valence-corrected chi connectivity index (χ4v) is 2.47. The molecule has 2 heterocycles. The Kier molecular flexibility index (Phi) is 4.43. The monoisotopic (exact) mass is 344 g/mol. The number of nitrogens with one attached hydrogen (secondary N) is 3. The second-order valence-corrected chi connectivity index (χ2v) is 5.61. The first-order chi connectivity index (χ1) is 11.5. The number of carbonyl (C=O) groups excluding carboxylic acids is 3. The van der Waals surface area contributed by atoms with E-state index in [4.69, 9.17) is 11.6 Å². The number of carbonyl (C=O) groups is 3. The van der Waals surface area contributed by atoms with E-state index in [0.29, 0.717) is 16.3 Å². The van der Waals surface area contributed by atoms with Crippen molar-refractivity contribution >= 4 is 40.8 Å². The second kappa shape index (κ2) is 6.67. The summed E-state index contributed by atoms with van der Waals surface area (Å²) in [6.07, 6.45) is 1.23. The highest BCUT2D eigenvalue weighted by molar-refractivity contribution is 6.30. The van der Waals surface area contributed by atoms with Crippen LogP contribution in [0.25, 0.3) is 0 Å². The van der Waals surface area contributed by atoms with Crippen LogP contribution in [-0.2, 0) is 9.59 Å². The van der Waals surface area contributed by atoms with Crippen molar-refractivity contribution in [2.75, 3.05) is 10.6 Å². The molecule has 0 spiro atoms. The standard InChI is InChI=1S/C16H13ClN4O3/c17-9-5-6-18-13(7-9)21-14(22)8-12-16(24)19-11-4-2-1-3-10(11)15(23)20-12/h1-7,12H,8H2,(H,19,24)(H,20,23)(H,18,21,22)/t12-/m0/s1. The molecule has 0 unspecified atom stereocenters. The maximum atomic E-state index is 12.2. The number of halogens is 1. The molecule has 3 rings (SSSR count). The molecule has 3 amide bonds. The van der Waals surface area contributed by atoms with Crippen molar-refractivity contribution in [2.24, 2.45) is 0 Å². The van der Waals surface area contributed by atoms with Crippen molar-refractivity contribution in [1.82, 2.24) is 10.3 Å². The van der Waals surface area contributed by atoms with Crippen LogP contribution in [0.15, 0.2) is 42.6 Å². The third-order valence-electron chi connectivity index (χ3n) is 3.43. The molecule has 0 saturated carbocycles. The van der Waals surface area contributed by atoms with Crippen molar-refractivity contribution in [3.05, 3.63) is 53.2 Å². The van der Waals surface area contributed by atoms with Crippen LogP contribution >= 0.6 is 11.6 Å². The molecule has 1 aliphatic rings. The minimum Gasteiger partial charge on any atom is -0.340 e. The Morgan fingerprint density at radius 2 is 2.04 bits per heavy atom. The number of nitrogens with zero attached hydrogens (tertiary/aromatic N) is 1. The lowest BCUT2D eigenvalue weighted by Crippen LogP contribution is -2.43. The van der Waals surface area contributed by atoms with E-state index in [0.717, 1.165) is 0 Å². The summed E-state index contributed by atoms with van der Waals surface area (Å²) in [6, 6.07) is 8.72. The first kappa shape index (κ1) is 15.9. The molecular weight excluding hydrogens is 332 g/mol. The molecule has 0 fully saturated rings. The van der Waals surface area contributed by atoms with Crippen LogP contribution in [0.3, 0.4) is 0 Å². The van der Waals surface area contributed by atoms with Crippen molar-refractivity contribution in [3.8, 4) is 0 Å². The molecule has 0 saturated heterocycles. The second-order valence-electron chi connectivity index (χ2n) is 5.17. The van der Waals surface area contributed by atoms with Gasteiger partial charge in [0.1, 0.15) is 11.9 Å². The van der Waals surface area contributed by atoms with Crippen LogP contribution < -0.4 is 16.0 Å². The number of anilines is 2. The minimum absolute atomic E-state index is 0.222. The number of para-hydroxylation sites is 1. The molecule has 7 nitrogen and oxygen atoms in total. The fourth-order valence-electron chi connectivity index (χ4n) is 2.31. The maximum absolute atomic E-state index is 12.2. The summed E-state index contributed by atoms with van der Waals surface area (Å²) in [5, 5.41) is 8.17. The summed E-state index contributed by atoms with van der Waals surface area (Å²) in [5.41, 5.74) is 0.768. The van der Waals surface area contributed by atoms with Crippen LogP contribution in [0, 0.1) is 0 Å². The lowest BCUT2D eigenvalue weighted by Gasteiger charge is -2.14. The van der Waals surface area contributed by atoms with Gasteiger partial charge in [-0.1, -0.05) is 23.7 Å². The molecule has 0 bridgehead atoms. The highest BCUT2D eigenvalue weighted by Crippen LogP contribution is 2.19. The zero-order chi connectivity index (χ0) is 17.1. The zero-order valence-corrected chi connectivity index (χ0v) is 13.1. The highest BCUT2D eigenvalue weighted by Gasteiger charge is 2.29. The van der Waals surface area contributed by atoms with E-state index in [1.54, 1.807) is 30.3 Å². The molecule has 1 aromatic carbocycles. The number of aromatic nitrogens is 1. The number of hydrogen-bond donors (Lipinski definition) is 3. The molecule has 0 radical (unpaired) electrons. The largest absolute Gasteiger partial charge is 0.340 e. The maximum Gasteiger partial charge on any atom is 0.254 e. The lowest BCUT2D eigenvalue weighted by atomic mass is 10.1. The zero-order valence-electron chi connectivity index (χ0n) is 12.4. The van der Waals surface area contributed by atoms with E-state index in [2.05, 4.69) is 20.9 Å².